The summed E-state index contributed by atoms with van der Waals surface area (Å²) in [5.41, 5.74) is 3.25. The van der Waals surface area contributed by atoms with Crippen LogP contribution in [0.4, 0.5) is 11.5 Å². The summed E-state index contributed by atoms with van der Waals surface area (Å²) in [5, 5.41) is 7.58. The van der Waals surface area contributed by atoms with E-state index in [2.05, 4.69) is 52.4 Å². The lowest BCUT2D eigenvalue weighted by molar-refractivity contribution is 0.867. The van der Waals surface area contributed by atoms with Crippen molar-refractivity contribution < 1.29 is 0 Å². The molecule has 0 aliphatic heterocycles. The van der Waals surface area contributed by atoms with Crippen molar-refractivity contribution in [2.45, 2.75) is 26.7 Å². The van der Waals surface area contributed by atoms with E-state index in [9.17, 15) is 0 Å². The average Bonchev–Trinajstić information content (AvgIpc) is 2.87. The van der Waals surface area contributed by atoms with Gasteiger partial charge in [-0.1, -0.05) is 26.0 Å². The Labute approximate surface area is 117 Å². The fraction of sp³-hybridized carbons (Fsp3) is 0.267. The zero-order valence-electron chi connectivity index (χ0n) is 11.8. The molecule has 102 valence electrons. The van der Waals surface area contributed by atoms with Crippen LogP contribution < -0.4 is 5.32 Å². The number of fused-ring (bicyclic) bond motifs is 1. The molecule has 1 N–H and O–H groups in total. The van der Waals surface area contributed by atoms with E-state index in [1.165, 1.54) is 11.9 Å². The van der Waals surface area contributed by atoms with Crippen LogP contribution in [-0.2, 0) is 0 Å². The summed E-state index contributed by atoms with van der Waals surface area (Å²) in [6, 6.07) is 10.4. The van der Waals surface area contributed by atoms with Gasteiger partial charge in [0.15, 0.2) is 0 Å². The monoisotopic (exact) mass is 267 g/mol. The Balaban J connectivity index is 2.00. The minimum absolute atomic E-state index is 0.502. The van der Waals surface area contributed by atoms with Gasteiger partial charge in [-0.3, -0.25) is 0 Å². The Morgan fingerprint density at radius 1 is 1.20 bits per heavy atom. The molecule has 0 aliphatic rings. The molecule has 3 aromatic rings. The molecule has 0 fully saturated rings. The highest BCUT2D eigenvalue weighted by Gasteiger charge is 2.06. The summed E-state index contributed by atoms with van der Waals surface area (Å²) < 4.78 is 1.70. The van der Waals surface area contributed by atoms with Crippen LogP contribution in [0.1, 0.15) is 31.0 Å². The van der Waals surface area contributed by atoms with Gasteiger partial charge in [0.25, 0.3) is 5.78 Å². The third kappa shape index (κ3) is 2.34. The zero-order valence-corrected chi connectivity index (χ0v) is 11.8. The van der Waals surface area contributed by atoms with Gasteiger partial charge in [-0.25, -0.2) is 4.98 Å². The van der Waals surface area contributed by atoms with Gasteiger partial charge in [0.1, 0.15) is 12.1 Å². The highest BCUT2D eigenvalue weighted by atomic mass is 15.3. The molecule has 0 amide bonds. The van der Waals surface area contributed by atoms with E-state index in [0.717, 1.165) is 17.2 Å². The summed E-state index contributed by atoms with van der Waals surface area (Å²) in [5.74, 6) is 1.97. The number of benzene rings is 1. The van der Waals surface area contributed by atoms with E-state index in [1.807, 2.05) is 19.1 Å². The summed E-state index contributed by atoms with van der Waals surface area (Å²) in [6.07, 6.45) is 1.51. The van der Waals surface area contributed by atoms with Gasteiger partial charge in [-0.15, -0.1) is 0 Å². The summed E-state index contributed by atoms with van der Waals surface area (Å²) in [4.78, 5) is 8.46. The van der Waals surface area contributed by atoms with Crippen molar-refractivity contribution in [1.82, 2.24) is 19.6 Å². The lowest BCUT2D eigenvalue weighted by atomic mass is 10.0. The second kappa shape index (κ2) is 4.92. The molecule has 2 heterocycles. The van der Waals surface area contributed by atoms with E-state index >= 15 is 0 Å². The highest BCUT2D eigenvalue weighted by molar-refractivity contribution is 5.59. The molecule has 2 aromatic heterocycles. The smallest absolute Gasteiger partial charge is 0.254 e. The van der Waals surface area contributed by atoms with Crippen molar-refractivity contribution in [3.8, 4) is 0 Å². The minimum atomic E-state index is 0.502. The van der Waals surface area contributed by atoms with Crippen molar-refractivity contribution in [1.29, 1.82) is 0 Å². The first-order chi connectivity index (χ1) is 9.63. The first-order valence-corrected chi connectivity index (χ1v) is 6.68. The van der Waals surface area contributed by atoms with Crippen LogP contribution in [0.2, 0.25) is 0 Å². The summed E-state index contributed by atoms with van der Waals surface area (Å²) in [7, 11) is 0. The van der Waals surface area contributed by atoms with E-state index in [0.29, 0.717) is 11.7 Å². The van der Waals surface area contributed by atoms with E-state index in [1.54, 1.807) is 4.52 Å². The molecule has 20 heavy (non-hydrogen) atoms. The molecule has 5 nitrogen and oxygen atoms in total. The third-order valence-corrected chi connectivity index (χ3v) is 3.21. The molecule has 0 radical (unpaired) electrons. The average molecular weight is 267 g/mol. The lowest BCUT2D eigenvalue weighted by Gasteiger charge is -2.11. The first-order valence-electron chi connectivity index (χ1n) is 6.68. The first kappa shape index (κ1) is 12.6. The van der Waals surface area contributed by atoms with E-state index in [4.69, 9.17) is 0 Å². The quantitative estimate of drug-likeness (QED) is 0.791. The van der Waals surface area contributed by atoms with E-state index in [-0.39, 0.29) is 0 Å². The number of anilines is 2. The van der Waals surface area contributed by atoms with Crippen LogP contribution in [0.5, 0.6) is 0 Å². The van der Waals surface area contributed by atoms with Crippen LogP contribution in [0.25, 0.3) is 5.78 Å². The number of aryl methyl sites for hydroxylation is 1. The maximum atomic E-state index is 4.33. The molecule has 0 unspecified atom stereocenters. The maximum Gasteiger partial charge on any atom is 0.254 e. The number of nitrogens with one attached hydrogen (secondary N) is 1. The van der Waals surface area contributed by atoms with Crippen LogP contribution in [0.3, 0.4) is 0 Å². The molecule has 5 heteroatoms. The van der Waals surface area contributed by atoms with Crippen LogP contribution in [0.15, 0.2) is 36.7 Å². The van der Waals surface area contributed by atoms with Gasteiger partial charge in [-0.05, 0) is 30.5 Å². The zero-order chi connectivity index (χ0) is 14.1. The number of hydrogen-bond acceptors (Lipinski definition) is 4. The van der Waals surface area contributed by atoms with Crippen molar-refractivity contribution in [3.63, 3.8) is 0 Å². The number of nitrogens with zero attached hydrogens (tertiary/aromatic N) is 4. The standard InChI is InChI=1S/C15H17N5/c1-10(2)12-5-4-6-13(8-12)19-14-7-11(3)18-15-16-9-17-20(14)15/h4-10,19H,1-3H3. The highest BCUT2D eigenvalue weighted by Crippen LogP contribution is 2.22. The topological polar surface area (TPSA) is 55.1 Å². The lowest BCUT2D eigenvalue weighted by Crippen LogP contribution is -2.03. The summed E-state index contributed by atoms with van der Waals surface area (Å²) in [6.45, 7) is 6.32. The maximum absolute atomic E-state index is 4.33. The summed E-state index contributed by atoms with van der Waals surface area (Å²) >= 11 is 0. The van der Waals surface area contributed by atoms with Gasteiger partial charge in [0, 0.05) is 17.4 Å². The number of hydrogen-bond donors (Lipinski definition) is 1. The van der Waals surface area contributed by atoms with Gasteiger partial charge >= 0.3 is 0 Å². The van der Waals surface area contributed by atoms with Crippen molar-refractivity contribution >= 4 is 17.3 Å². The molecule has 0 atom stereocenters. The van der Waals surface area contributed by atoms with Crippen LogP contribution >= 0.6 is 0 Å². The van der Waals surface area contributed by atoms with Gasteiger partial charge in [0.2, 0.25) is 0 Å². The van der Waals surface area contributed by atoms with E-state index < -0.39 is 0 Å². The van der Waals surface area contributed by atoms with Crippen molar-refractivity contribution in [2.24, 2.45) is 0 Å². The fourth-order valence-electron chi connectivity index (χ4n) is 2.14. The van der Waals surface area contributed by atoms with Gasteiger partial charge in [-0.2, -0.15) is 14.6 Å². The molecule has 0 saturated carbocycles. The molecule has 0 spiro atoms. The normalized spacial score (nSPS) is 11.2. The largest absolute Gasteiger partial charge is 0.340 e. The molecular weight excluding hydrogens is 250 g/mol. The van der Waals surface area contributed by atoms with Crippen molar-refractivity contribution in [3.05, 3.63) is 47.9 Å². The van der Waals surface area contributed by atoms with Gasteiger partial charge < -0.3 is 5.32 Å². The number of aromatic nitrogens is 4. The Kier molecular flexibility index (Phi) is 3.10. The Morgan fingerprint density at radius 2 is 2.05 bits per heavy atom. The molecule has 1 aromatic carbocycles. The fourth-order valence-corrected chi connectivity index (χ4v) is 2.14. The Bertz CT molecular complexity index is 745. The predicted molar refractivity (Wildman–Crippen MR) is 79.3 cm³/mol. The van der Waals surface area contributed by atoms with Crippen molar-refractivity contribution in [2.75, 3.05) is 5.32 Å². The van der Waals surface area contributed by atoms with Crippen LogP contribution in [-0.4, -0.2) is 19.6 Å². The predicted octanol–water partition coefficient (Wildman–Crippen LogP) is 3.30. The van der Waals surface area contributed by atoms with Gasteiger partial charge in [0.05, 0.1) is 0 Å². The Hall–Kier alpha value is -2.43. The minimum Gasteiger partial charge on any atom is -0.340 e. The molecular formula is C15H17N5. The molecule has 0 aliphatic carbocycles. The number of rotatable bonds is 3. The van der Waals surface area contributed by atoms with Crippen LogP contribution in [0, 0.1) is 6.92 Å². The molecule has 3 rings (SSSR count). The third-order valence-electron chi connectivity index (χ3n) is 3.21. The molecule has 0 saturated heterocycles. The Morgan fingerprint density at radius 3 is 2.85 bits per heavy atom. The molecule has 0 bridgehead atoms. The second-order valence-electron chi connectivity index (χ2n) is 5.16. The SMILES string of the molecule is Cc1cc(Nc2cccc(C(C)C)c2)n2ncnc2n1. The second-order valence-corrected chi connectivity index (χ2v) is 5.16.